The number of thiazole rings is 1. The maximum Gasteiger partial charge on any atom is 0.350 e. The van der Waals surface area contributed by atoms with Crippen LogP contribution in [0.15, 0.2) is 48.5 Å². The second kappa shape index (κ2) is 8.13. The molecule has 5 nitrogen and oxygen atoms in total. The largest absolute Gasteiger partial charge is 0.451 e. The lowest BCUT2D eigenvalue weighted by Gasteiger charge is -2.29. The van der Waals surface area contributed by atoms with E-state index in [0.717, 1.165) is 29.7 Å². The van der Waals surface area contributed by atoms with Crippen LogP contribution in [-0.2, 0) is 16.0 Å². The molecule has 0 N–H and O–H groups in total. The number of carbonyl (C=O) groups excluding carboxylic acids is 2. The Kier molecular flexibility index (Phi) is 5.40. The third-order valence-corrected chi connectivity index (χ3v) is 6.00. The molecule has 2 heterocycles. The zero-order valence-corrected chi connectivity index (χ0v) is 16.7. The number of para-hydroxylation sites is 1. The summed E-state index contributed by atoms with van der Waals surface area (Å²) in [5.41, 5.74) is 3.25. The van der Waals surface area contributed by atoms with Gasteiger partial charge in [-0.2, -0.15) is 0 Å². The summed E-state index contributed by atoms with van der Waals surface area (Å²) in [7, 11) is 0. The number of nitrogens with zero attached hydrogens (tertiary/aromatic N) is 2. The molecule has 0 atom stereocenters. The number of esters is 1. The average molecular weight is 410 g/mol. The molecule has 0 saturated heterocycles. The highest BCUT2D eigenvalue weighted by molar-refractivity contribution is 7.17. The van der Waals surface area contributed by atoms with Gasteiger partial charge in [-0.25, -0.2) is 14.2 Å². The number of ether oxygens (including phenoxy) is 1. The van der Waals surface area contributed by atoms with E-state index in [0.29, 0.717) is 22.1 Å². The summed E-state index contributed by atoms with van der Waals surface area (Å²) >= 11 is 1.17. The molecule has 3 aromatic rings. The normalized spacial score (nSPS) is 13.1. The van der Waals surface area contributed by atoms with Crippen molar-refractivity contribution in [3.05, 3.63) is 70.5 Å². The minimum atomic E-state index is -0.577. The highest BCUT2D eigenvalue weighted by Gasteiger charge is 2.24. The minimum absolute atomic E-state index is 0.244. The Labute approximate surface area is 171 Å². The number of aryl methyl sites for hydroxylation is 2. The standard InChI is InChI=1S/C22H19FN2O3S/c1-14-20(29-21(24-14)16-8-10-17(23)11-9-16)22(27)28-13-19(26)25-12-4-6-15-5-2-3-7-18(15)25/h2-3,5,7-11H,4,6,12-13H2,1H3. The summed E-state index contributed by atoms with van der Waals surface area (Å²) in [4.78, 5) is 31.6. The van der Waals surface area contributed by atoms with Crippen LogP contribution in [0.4, 0.5) is 10.1 Å². The van der Waals surface area contributed by atoms with Crippen LogP contribution in [0.1, 0.15) is 27.3 Å². The second-order valence-electron chi connectivity index (χ2n) is 6.79. The lowest BCUT2D eigenvalue weighted by Crippen LogP contribution is -2.38. The van der Waals surface area contributed by atoms with Gasteiger partial charge in [-0.3, -0.25) is 4.79 Å². The average Bonchev–Trinajstić information content (AvgIpc) is 3.13. The molecule has 7 heteroatoms. The Morgan fingerprint density at radius 2 is 1.93 bits per heavy atom. The van der Waals surface area contributed by atoms with Crippen LogP contribution in [-0.4, -0.2) is 30.0 Å². The molecule has 0 bridgehead atoms. The Bertz CT molecular complexity index is 1060. The maximum atomic E-state index is 13.1. The van der Waals surface area contributed by atoms with Crippen LogP contribution in [0.3, 0.4) is 0 Å². The van der Waals surface area contributed by atoms with Gasteiger partial charge in [0.05, 0.1) is 5.69 Å². The first kappa shape index (κ1) is 19.3. The van der Waals surface area contributed by atoms with Gasteiger partial charge in [0, 0.05) is 17.8 Å². The van der Waals surface area contributed by atoms with Gasteiger partial charge in [-0.05, 0) is 55.7 Å². The SMILES string of the molecule is Cc1nc(-c2ccc(F)cc2)sc1C(=O)OCC(=O)N1CCCc2ccccc21. The molecule has 29 heavy (non-hydrogen) atoms. The van der Waals surface area contributed by atoms with Crippen LogP contribution in [0.25, 0.3) is 10.6 Å². The van der Waals surface area contributed by atoms with Crippen molar-refractivity contribution in [2.24, 2.45) is 0 Å². The van der Waals surface area contributed by atoms with Crippen LogP contribution < -0.4 is 4.90 Å². The van der Waals surface area contributed by atoms with Gasteiger partial charge in [0.1, 0.15) is 15.7 Å². The molecular formula is C22H19FN2O3S. The molecule has 2 aromatic carbocycles. The van der Waals surface area contributed by atoms with Crippen molar-refractivity contribution < 1.29 is 18.7 Å². The molecule has 0 saturated carbocycles. The Morgan fingerprint density at radius 1 is 1.17 bits per heavy atom. The van der Waals surface area contributed by atoms with Crippen molar-refractivity contribution >= 4 is 28.9 Å². The third kappa shape index (κ3) is 4.05. The molecular weight excluding hydrogens is 391 g/mol. The molecule has 4 rings (SSSR count). The van der Waals surface area contributed by atoms with Gasteiger partial charge in [0.15, 0.2) is 6.61 Å². The van der Waals surface area contributed by atoms with E-state index in [-0.39, 0.29) is 18.3 Å². The van der Waals surface area contributed by atoms with E-state index in [1.807, 2.05) is 24.3 Å². The van der Waals surface area contributed by atoms with Gasteiger partial charge >= 0.3 is 5.97 Å². The lowest BCUT2D eigenvalue weighted by atomic mass is 10.0. The van der Waals surface area contributed by atoms with Crippen molar-refractivity contribution in [3.63, 3.8) is 0 Å². The summed E-state index contributed by atoms with van der Waals surface area (Å²) in [6, 6.07) is 13.7. The Balaban J connectivity index is 1.44. The topological polar surface area (TPSA) is 59.5 Å². The van der Waals surface area contributed by atoms with E-state index in [1.165, 1.54) is 23.5 Å². The number of amides is 1. The summed E-state index contributed by atoms with van der Waals surface area (Å²) in [5.74, 6) is -1.15. The number of halogens is 1. The predicted octanol–water partition coefficient (Wildman–Crippen LogP) is 4.39. The quantitative estimate of drug-likeness (QED) is 0.599. The fraction of sp³-hybridized carbons (Fsp3) is 0.227. The fourth-order valence-corrected chi connectivity index (χ4v) is 4.33. The van der Waals surface area contributed by atoms with Crippen LogP contribution >= 0.6 is 11.3 Å². The number of aromatic nitrogens is 1. The molecule has 1 aromatic heterocycles. The number of anilines is 1. The molecule has 0 fully saturated rings. The summed E-state index contributed by atoms with van der Waals surface area (Å²) in [6.45, 7) is 2.00. The molecule has 1 aliphatic heterocycles. The molecule has 0 aliphatic carbocycles. The molecule has 1 amide bonds. The first-order chi connectivity index (χ1) is 14.0. The Hall–Kier alpha value is -3.06. The van der Waals surface area contributed by atoms with Gasteiger partial charge in [0.2, 0.25) is 0 Å². The third-order valence-electron chi connectivity index (χ3n) is 4.81. The van der Waals surface area contributed by atoms with Gasteiger partial charge in [-0.15, -0.1) is 11.3 Å². The summed E-state index contributed by atoms with van der Waals surface area (Å²) < 4.78 is 18.4. The minimum Gasteiger partial charge on any atom is -0.451 e. The lowest BCUT2D eigenvalue weighted by molar-refractivity contribution is -0.121. The molecule has 0 spiro atoms. The maximum absolute atomic E-state index is 13.1. The van der Waals surface area contributed by atoms with Crippen LogP contribution in [0, 0.1) is 12.7 Å². The van der Waals surface area contributed by atoms with Crippen molar-refractivity contribution in [1.29, 1.82) is 0 Å². The molecule has 1 aliphatic rings. The number of hydrogen-bond donors (Lipinski definition) is 0. The highest BCUT2D eigenvalue weighted by atomic mass is 32.1. The monoisotopic (exact) mass is 410 g/mol. The molecule has 148 valence electrons. The van der Waals surface area contributed by atoms with Gasteiger partial charge in [-0.1, -0.05) is 18.2 Å². The molecule has 0 radical (unpaired) electrons. The number of carbonyl (C=O) groups is 2. The van der Waals surface area contributed by atoms with Crippen molar-refractivity contribution in [2.75, 3.05) is 18.1 Å². The van der Waals surface area contributed by atoms with E-state index >= 15 is 0 Å². The number of hydrogen-bond acceptors (Lipinski definition) is 5. The van der Waals surface area contributed by atoms with E-state index in [1.54, 1.807) is 24.0 Å². The second-order valence-corrected chi connectivity index (χ2v) is 7.79. The van der Waals surface area contributed by atoms with E-state index < -0.39 is 5.97 Å². The zero-order chi connectivity index (χ0) is 20.4. The first-order valence-corrected chi connectivity index (χ1v) is 10.1. The molecule has 0 unspecified atom stereocenters. The van der Waals surface area contributed by atoms with Crippen molar-refractivity contribution in [2.45, 2.75) is 19.8 Å². The number of benzene rings is 2. The Morgan fingerprint density at radius 3 is 2.72 bits per heavy atom. The van der Waals surface area contributed by atoms with Crippen molar-refractivity contribution in [1.82, 2.24) is 4.98 Å². The zero-order valence-electron chi connectivity index (χ0n) is 15.9. The van der Waals surface area contributed by atoms with E-state index in [9.17, 15) is 14.0 Å². The van der Waals surface area contributed by atoms with Gasteiger partial charge < -0.3 is 9.64 Å². The van der Waals surface area contributed by atoms with E-state index in [2.05, 4.69) is 4.98 Å². The fourth-order valence-electron chi connectivity index (χ4n) is 3.37. The van der Waals surface area contributed by atoms with Crippen LogP contribution in [0.5, 0.6) is 0 Å². The first-order valence-electron chi connectivity index (χ1n) is 9.31. The number of rotatable bonds is 4. The smallest absolute Gasteiger partial charge is 0.350 e. The van der Waals surface area contributed by atoms with Gasteiger partial charge in [0.25, 0.3) is 5.91 Å². The van der Waals surface area contributed by atoms with Crippen molar-refractivity contribution in [3.8, 4) is 10.6 Å². The number of fused-ring (bicyclic) bond motifs is 1. The van der Waals surface area contributed by atoms with E-state index in [4.69, 9.17) is 4.74 Å². The summed E-state index contributed by atoms with van der Waals surface area (Å²) in [6.07, 6.45) is 1.82. The highest BCUT2D eigenvalue weighted by Crippen LogP contribution is 2.29. The summed E-state index contributed by atoms with van der Waals surface area (Å²) in [5, 5.41) is 0.603. The van der Waals surface area contributed by atoms with Crippen LogP contribution in [0.2, 0.25) is 0 Å². The predicted molar refractivity (Wildman–Crippen MR) is 110 cm³/mol.